The van der Waals surface area contributed by atoms with Gasteiger partial charge in [-0.1, -0.05) is 54.1 Å². The molecule has 0 spiro atoms. The van der Waals surface area contributed by atoms with Gasteiger partial charge in [0.15, 0.2) is 6.10 Å². The Kier molecular flexibility index (Phi) is 4.63. The van der Waals surface area contributed by atoms with E-state index in [9.17, 15) is 9.59 Å². The average molecular weight is 412 g/mol. The first-order valence-corrected chi connectivity index (χ1v) is 10.5. The fourth-order valence-corrected chi connectivity index (χ4v) is 4.43. The topological polar surface area (TPSA) is 49.9 Å². The highest BCUT2D eigenvalue weighted by Gasteiger charge is 2.60. The third-order valence-electron chi connectivity index (χ3n) is 6.29. The summed E-state index contributed by atoms with van der Waals surface area (Å²) in [5, 5.41) is 1.73. The fraction of sp³-hybridized carbons (Fsp3) is 0.231. The van der Waals surface area contributed by atoms with Crippen LogP contribution in [0, 0.1) is 26.7 Å². The van der Waals surface area contributed by atoms with Crippen molar-refractivity contribution in [3.63, 3.8) is 0 Å². The molecule has 5 nitrogen and oxygen atoms in total. The number of hydroxylamine groups is 1. The second-order valence-electron chi connectivity index (χ2n) is 8.35. The van der Waals surface area contributed by atoms with Crippen LogP contribution >= 0.6 is 0 Å². The van der Waals surface area contributed by atoms with Crippen LogP contribution in [0.15, 0.2) is 72.8 Å². The summed E-state index contributed by atoms with van der Waals surface area (Å²) in [5.41, 5.74) is 5.66. The molecule has 0 N–H and O–H groups in total. The Morgan fingerprint density at radius 3 is 2.13 bits per heavy atom. The smallest absolute Gasteiger partial charge is 0.266 e. The summed E-state index contributed by atoms with van der Waals surface area (Å²) in [6.45, 7) is 6.02. The Morgan fingerprint density at radius 2 is 1.45 bits per heavy atom. The van der Waals surface area contributed by atoms with Gasteiger partial charge in [0, 0.05) is 0 Å². The summed E-state index contributed by atoms with van der Waals surface area (Å²) in [4.78, 5) is 34.5. The van der Waals surface area contributed by atoms with Crippen molar-refractivity contribution in [1.29, 1.82) is 0 Å². The molecule has 0 aliphatic carbocycles. The molecular formula is C26H24N2O3. The lowest BCUT2D eigenvalue weighted by Crippen LogP contribution is -2.37. The molecule has 0 aromatic heterocycles. The zero-order chi connectivity index (χ0) is 21.7. The third kappa shape index (κ3) is 3.13. The van der Waals surface area contributed by atoms with E-state index in [1.807, 2.05) is 93.6 Å². The van der Waals surface area contributed by atoms with E-state index in [0.29, 0.717) is 5.69 Å². The molecule has 3 atom stereocenters. The Balaban J connectivity index is 1.58. The van der Waals surface area contributed by atoms with Crippen LogP contribution in [0.3, 0.4) is 0 Å². The van der Waals surface area contributed by atoms with Crippen molar-refractivity contribution in [1.82, 2.24) is 0 Å². The number of carbonyl (C=O) groups excluding carboxylic acids is 2. The molecule has 0 bridgehead atoms. The Hall–Kier alpha value is -3.44. The van der Waals surface area contributed by atoms with Crippen molar-refractivity contribution in [3.05, 3.63) is 95.1 Å². The molecule has 2 aliphatic rings. The first kappa shape index (κ1) is 19.5. The van der Waals surface area contributed by atoms with Gasteiger partial charge in [-0.05, 0) is 61.7 Å². The Labute approximate surface area is 181 Å². The van der Waals surface area contributed by atoms with Crippen molar-refractivity contribution >= 4 is 23.2 Å². The van der Waals surface area contributed by atoms with E-state index in [-0.39, 0.29) is 17.9 Å². The van der Waals surface area contributed by atoms with Gasteiger partial charge in [0.2, 0.25) is 5.91 Å². The van der Waals surface area contributed by atoms with Gasteiger partial charge in [-0.15, -0.1) is 0 Å². The van der Waals surface area contributed by atoms with Crippen molar-refractivity contribution < 1.29 is 14.4 Å². The number of hydrogen-bond donors (Lipinski definition) is 0. The van der Waals surface area contributed by atoms with E-state index in [1.54, 1.807) is 5.06 Å². The number of nitrogens with zero attached hydrogens (tertiary/aromatic N) is 2. The highest BCUT2D eigenvalue weighted by atomic mass is 16.7. The zero-order valence-electron chi connectivity index (χ0n) is 17.8. The molecule has 3 aromatic rings. The first-order valence-electron chi connectivity index (χ1n) is 10.5. The van der Waals surface area contributed by atoms with Crippen molar-refractivity contribution in [2.45, 2.75) is 32.9 Å². The lowest BCUT2D eigenvalue weighted by molar-refractivity contribution is -0.126. The van der Waals surface area contributed by atoms with E-state index >= 15 is 0 Å². The number of para-hydroxylation sites is 1. The van der Waals surface area contributed by atoms with Crippen LogP contribution in [0.1, 0.15) is 28.3 Å². The van der Waals surface area contributed by atoms with Crippen LogP contribution in [-0.2, 0) is 14.4 Å². The second-order valence-corrected chi connectivity index (χ2v) is 8.35. The quantitative estimate of drug-likeness (QED) is 0.587. The van der Waals surface area contributed by atoms with Crippen LogP contribution in [-0.4, -0.2) is 17.9 Å². The molecule has 5 rings (SSSR count). The molecule has 0 unspecified atom stereocenters. The number of rotatable bonds is 3. The van der Waals surface area contributed by atoms with Crippen LogP contribution in [0.25, 0.3) is 0 Å². The number of imide groups is 1. The number of anilines is 2. The van der Waals surface area contributed by atoms with Gasteiger partial charge in [-0.2, -0.15) is 0 Å². The molecule has 2 aliphatic heterocycles. The minimum Gasteiger partial charge on any atom is -0.273 e. The number of aryl methyl sites for hydroxylation is 3. The molecule has 2 fully saturated rings. The largest absolute Gasteiger partial charge is 0.273 e. The molecule has 0 radical (unpaired) electrons. The lowest BCUT2D eigenvalue weighted by atomic mass is 9.90. The van der Waals surface area contributed by atoms with Gasteiger partial charge >= 0.3 is 0 Å². The molecule has 156 valence electrons. The van der Waals surface area contributed by atoms with Gasteiger partial charge in [0.25, 0.3) is 5.91 Å². The molecule has 2 saturated heterocycles. The maximum atomic E-state index is 13.6. The second kappa shape index (κ2) is 7.36. The van der Waals surface area contributed by atoms with Crippen LogP contribution in [0.2, 0.25) is 0 Å². The standard InChI is InChI=1S/C26H24N2O3/c1-16-9-12-19(13-10-16)23-22-24(31-28(23)20-7-5-4-6-8-20)26(30)27(25(22)29)21-14-11-17(2)18(3)15-21/h4-15,22-24H,1-3H3/t22-,23+,24-/m1/s1. The molecule has 31 heavy (non-hydrogen) atoms. The molecule has 2 heterocycles. The molecule has 5 heteroatoms. The maximum Gasteiger partial charge on any atom is 0.266 e. The van der Waals surface area contributed by atoms with E-state index in [4.69, 9.17) is 4.84 Å². The van der Waals surface area contributed by atoms with Crippen molar-refractivity contribution in [2.75, 3.05) is 9.96 Å². The third-order valence-corrected chi connectivity index (χ3v) is 6.29. The Bertz CT molecular complexity index is 1160. The Morgan fingerprint density at radius 1 is 0.742 bits per heavy atom. The van der Waals surface area contributed by atoms with Gasteiger partial charge in [0.1, 0.15) is 5.92 Å². The SMILES string of the molecule is Cc1ccc([C@H]2[C@H]3C(=O)N(c4ccc(C)c(C)c4)C(=O)[C@@H]3ON2c2ccccc2)cc1. The fourth-order valence-electron chi connectivity index (χ4n) is 4.43. The average Bonchev–Trinajstić information content (AvgIpc) is 3.28. The number of benzene rings is 3. The summed E-state index contributed by atoms with van der Waals surface area (Å²) >= 11 is 0. The number of carbonyl (C=O) groups is 2. The van der Waals surface area contributed by atoms with E-state index in [1.165, 1.54) is 4.90 Å². The van der Waals surface area contributed by atoms with Crippen molar-refractivity contribution in [2.24, 2.45) is 5.92 Å². The van der Waals surface area contributed by atoms with Crippen LogP contribution in [0.5, 0.6) is 0 Å². The monoisotopic (exact) mass is 412 g/mol. The molecule has 0 saturated carbocycles. The summed E-state index contributed by atoms with van der Waals surface area (Å²) in [7, 11) is 0. The van der Waals surface area contributed by atoms with E-state index in [0.717, 1.165) is 27.9 Å². The molecular weight excluding hydrogens is 388 g/mol. The summed E-state index contributed by atoms with van der Waals surface area (Å²) in [5.74, 6) is -1.15. The van der Waals surface area contributed by atoms with E-state index < -0.39 is 12.0 Å². The number of fused-ring (bicyclic) bond motifs is 1. The lowest BCUT2D eigenvalue weighted by Gasteiger charge is -2.29. The van der Waals surface area contributed by atoms with Gasteiger partial charge in [-0.3, -0.25) is 14.4 Å². The summed E-state index contributed by atoms with van der Waals surface area (Å²) < 4.78 is 0. The summed E-state index contributed by atoms with van der Waals surface area (Å²) in [6.07, 6.45) is -0.847. The highest BCUT2D eigenvalue weighted by Crippen LogP contribution is 2.47. The van der Waals surface area contributed by atoms with Crippen LogP contribution < -0.4 is 9.96 Å². The van der Waals surface area contributed by atoms with Gasteiger partial charge in [-0.25, -0.2) is 9.96 Å². The predicted octanol–water partition coefficient (Wildman–Crippen LogP) is 4.66. The van der Waals surface area contributed by atoms with Gasteiger partial charge < -0.3 is 0 Å². The molecule has 3 aromatic carbocycles. The van der Waals surface area contributed by atoms with E-state index in [2.05, 4.69) is 0 Å². The van der Waals surface area contributed by atoms with Crippen LogP contribution in [0.4, 0.5) is 11.4 Å². The highest BCUT2D eigenvalue weighted by molar-refractivity contribution is 6.24. The van der Waals surface area contributed by atoms with Crippen molar-refractivity contribution in [3.8, 4) is 0 Å². The minimum absolute atomic E-state index is 0.220. The predicted molar refractivity (Wildman–Crippen MR) is 120 cm³/mol. The summed E-state index contributed by atoms with van der Waals surface area (Å²) in [6, 6.07) is 23.0. The minimum atomic E-state index is -0.847. The maximum absolute atomic E-state index is 13.6. The normalized spacial score (nSPS) is 22.9. The van der Waals surface area contributed by atoms with Gasteiger partial charge in [0.05, 0.1) is 17.4 Å². The first-order chi connectivity index (χ1) is 15.0. The molecule has 2 amide bonds. The number of hydrogen-bond acceptors (Lipinski definition) is 4. The number of amides is 2. The zero-order valence-corrected chi connectivity index (χ0v) is 17.8.